The Morgan fingerprint density at radius 2 is 2.05 bits per heavy atom. The zero-order valence-electron chi connectivity index (χ0n) is 10.6. The van der Waals surface area contributed by atoms with Crippen LogP contribution in [0.25, 0.3) is 11.3 Å². The maximum Gasteiger partial charge on any atom is 0.215 e. The maximum atomic E-state index is 5.86. The number of nitrogen functional groups attached to an aromatic ring is 1. The Morgan fingerprint density at radius 3 is 2.89 bits per heavy atom. The molecular weight excluding hydrogens is 244 g/mol. The molecule has 2 N–H and O–H groups in total. The van der Waals surface area contributed by atoms with E-state index in [1.807, 2.05) is 18.2 Å². The Morgan fingerprint density at radius 1 is 1.21 bits per heavy atom. The number of para-hydroxylation sites is 1. The molecule has 0 aliphatic carbocycles. The third kappa shape index (κ3) is 2.14. The molecule has 0 radical (unpaired) electrons. The average Bonchev–Trinajstić information content (AvgIpc) is 2.46. The second kappa shape index (κ2) is 4.68. The van der Waals surface area contributed by atoms with Crippen LogP contribution >= 0.6 is 0 Å². The zero-order valence-corrected chi connectivity index (χ0v) is 10.6. The molecule has 5 heteroatoms. The normalized spacial score (nSPS) is 13.1. The molecule has 1 aromatic heterocycles. The van der Waals surface area contributed by atoms with Gasteiger partial charge in [-0.05, 0) is 18.2 Å². The van der Waals surface area contributed by atoms with Crippen LogP contribution in [0.2, 0.25) is 0 Å². The van der Waals surface area contributed by atoms with Crippen molar-refractivity contribution in [3.63, 3.8) is 0 Å². The van der Waals surface area contributed by atoms with E-state index in [0.717, 1.165) is 11.3 Å². The lowest BCUT2D eigenvalue weighted by Gasteiger charge is -2.20. The van der Waals surface area contributed by atoms with Crippen LogP contribution in [0.1, 0.15) is 0 Å². The summed E-state index contributed by atoms with van der Waals surface area (Å²) in [6, 6.07) is 9.17. The molecule has 1 aliphatic heterocycles. The molecule has 0 fully saturated rings. The Balaban J connectivity index is 2.14. The highest BCUT2D eigenvalue weighted by molar-refractivity contribution is 5.73. The van der Waals surface area contributed by atoms with Gasteiger partial charge in [0.1, 0.15) is 13.2 Å². The van der Waals surface area contributed by atoms with Crippen LogP contribution in [-0.4, -0.2) is 25.3 Å². The van der Waals surface area contributed by atoms with Crippen molar-refractivity contribution in [3.05, 3.63) is 30.3 Å². The number of aromatic nitrogens is 1. The molecule has 1 aromatic carbocycles. The maximum absolute atomic E-state index is 5.86. The number of hydrogen-bond acceptors (Lipinski definition) is 5. The van der Waals surface area contributed by atoms with E-state index in [0.29, 0.717) is 36.2 Å². The lowest BCUT2D eigenvalue weighted by molar-refractivity contribution is 0.172. The molecule has 5 nitrogen and oxygen atoms in total. The Kier molecular flexibility index (Phi) is 2.87. The first kappa shape index (κ1) is 11.6. The Labute approximate surface area is 110 Å². The number of rotatable bonds is 2. The van der Waals surface area contributed by atoms with Gasteiger partial charge in [-0.2, -0.15) is 0 Å². The first-order valence-electron chi connectivity index (χ1n) is 5.98. The largest absolute Gasteiger partial charge is 0.486 e. The summed E-state index contributed by atoms with van der Waals surface area (Å²) in [6.45, 7) is 1.09. The monoisotopic (exact) mass is 258 g/mol. The first-order valence-corrected chi connectivity index (χ1v) is 5.98. The minimum Gasteiger partial charge on any atom is -0.486 e. The van der Waals surface area contributed by atoms with Crippen molar-refractivity contribution in [3.8, 4) is 28.6 Å². The van der Waals surface area contributed by atoms with Gasteiger partial charge in [-0.3, -0.25) is 0 Å². The lowest BCUT2D eigenvalue weighted by Crippen LogP contribution is -2.16. The van der Waals surface area contributed by atoms with Gasteiger partial charge in [0.15, 0.2) is 11.5 Å². The van der Waals surface area contributed by atoms with Gasteiger partial charge in [0.05, 0.1) is 12.8 Å². The summed E-state index contributed by atoms with van der Waals surface area (Å²) in [4.78, 5) is 4.39. The van der Waals surface area contributed by atoms with E-state index in [4.69, 9.17) is 19.9 Å². The second-order valence-electron chi connectivity index (χ2n) is 4.16. The van der Waals surface area contributed by atoms with Gasteiger partial charge in [0.25, 0.3) is 0 Å². The van der Waals surface area contributed by atoms with Crippen LogP contribution in [0.3, 0.4) is 0 Å². The highest BCUT2D eigenvalue weighted by atomic mass is 16.6. The Bertz CT molecular complexity index is 614. The molecule has 0 spiro atoms. The van der Waals surface area contributed by atoms with E-state index in [2.05, 4.69) is 4.98 Å². The fourth-order valence-electron chi connectivity index (χ4n) is 2.04. The molecule has 0 saturated carbocycles. The van der Waals surface area contributed by atoms with Crippen LogP contribution in [-0.2, 0) is 0 Å². The van der Waals surface area contributed by atoms with Gasteiger partial charge in [-0.25, -0.2) is 4.98 Å². The van der Waals surface area contributed by atoms with Crippen molar-refractivity contribution in [2.75, 3.05) is 26.1 Å². The number of methoxy groups -OCH3 is 1. The fourth-order valence-corrected chi connectivity index (χ4v) is 2.04. The number of anilines is 1. The summed E-state index contributed by atoms with van der Waals surface area (Å²) in [5.41, 5.74) is 8.01. The number of benzene rings is 1. The molecule has 2 heterocycles. The predicted molar refractivity (Wildman–Crippen MR) is 71.6 cm³/mol. The average molecular weight is 258 g/mol. The van der Waals surface area contributed by atoms with Gasteiger partial charge in [0, 0.05) is 17.3 Å². The third-order valence-electron chi connectivity index (χ3n) is 2.88. The van der Waals surface area contributed by atoms with Crippen molar-refractivity contribution in [1.82, 2.24) is 4.98 Å². The fraction of sp³-hybridized carbons (Fsp3) is 0.214. The van der Waals surface area contributed by atoms with Gasteiger partial charge in [-0.1, -0.05) is 6.07 Å². The standard InChI is InChI=1S/C14H14N2O3/c1-17-13-8-9(15)7-11(16-13)10-3-2-4-12-14(10)19-6-5-18-12/h2-4,7-8H,5-6H2,1H3,(H2,15,16). The number of nitrogens with two attached hydrogens (primary N) is 1. The molecule has 0 atom stereocenters. The highest BCUT2D eigenvalue weighted by Crippen LogP contribution is 2.39. The molecule has 2 aromatic rings. The summed E-state index contributed by atoms with van der Waals surface area (Å²) in [6.07, 6.45) is 0. The van der Waals surface area contributed by atoms with Crippen molar-refractivity contribution in [2.45, 2.75) is 0 Å². The van der Waals surface area contributed by atoms with Crippen LogP contribution in [0, 0.1) is 0 Å². The van der Waals surface area contributed by atoms with Crippen LogP contribution in [0.4, 0.5) is 5.69 Å². The van der Waals surface area contributed by atoms with Crippen molar-refractivity contribution in [1.29, 1.82) is 0 Å². The topological polar surface area (TPSA) is 66.6 Å². The summed E-state index contributed by atoms with van der Waals surface area (Å²) < 4.78 is 16.4. The molecule has 98 valence electrons. The smallest absolute Gasteiger partial charge is 0.215 e. The van der Waals surface area contributed by atoms with Gasteiger partial charge >= 0.3 is 0 Å². The van der Waals surface area contributed by atoms with Gasteiger partial charge < -0.3 is 19.9 Å². The van der Waals surface area contributed by atoms with Crippen LogP contribution < -0.4 is 19.9 Å². The summed E-state index contributed by atoms with van der Waals surface area (Å²) in [5.74, 6) is 1.91. The first-order chi connectivity index (χ1) is 9.28. The molecule has 0 bridgehead atoms. The minimum absolute atomic E-state index is 0.476. The summed E-state index contributed by atoms with van der Waals surface area (Å²) in [7, 11) is 1.56. The van der Waals surface area contributed by atoms with E-state index in [1.165, 1.54) is 0 Å². The number of pyridine rings is 1. The van der Waals surface area contributed by atoms with Crippen LogP contribution in [0.5, 0.6) is 17.4 Å². The Hall–Kier alpha value is -2.43. The van der Waals surface area contributed by atoms with E-state index in [9.17, 15) is 0 Å². The second-order valence-corrected chi connectivity index (χ2v) is 4.16. The van der Waals surface area contributed by atoms with Gasteiger partial charge in [-0.15, -0.1) is 0 Å². The number of fused-ring (bicyclic) bond motifs is 1. The SMILES string of the molecule is COc1cc(N)cc(-c2cccc3c2OCCO3)n1. The molecule has 3 rings (SSSR count). The van der Waals surface area contributed by atoms with E-state index in [1.54, 1.807) is 19.2 Å². The molecular formula is C14H14N2O3. The number of nitrogens with zero attached hydrogens (tertiary/aromatic N) is 1. The van der Waals surface area contributed by atoms with Gasteiger partial charge in [0.2, 0.25) is 5.88 Å². The highest BCUT2D eigenvalue weighted by Gasteiger charge is 2.18. The lowest BCUT2D eigenvalue weighted by atomic mass is 10.1. The number of hydrogen-bond donors (Lipinski definition) is 1. The van der Waals surface area contributed by atoms with Crippen molar-refractivity contribution < 1.29 is 14.2 Å². The third-order valence-corrected chi connectivity index (χ3v) is 2.88. The molecule has 0 saturated heterocycles. The van der Waals surface area contributed by atoms with E-state index >= 15 is 0 Å². The summed E-state index contributed by atoms with van der Waals surface area (Å²) >= 11 is 0. The van der Waals surface area contributed by atoms with E-state index in [-0.39, 0.29) is 0 Å². The van der Waals surface area contributed by atoms with Crippen LogP contribution in [0.15, 0.2) is 30.3 Å². The van der Waals surface area contributed by atoms with E-state index < -0.39 is 0 Å². The zero-order chi connectivity index (χ0) is 13.2. The van der Waals surface area contributed by atoms with Crippen molar-refractivity contribution >= 4 is 5.69 Å². The predicted octanol–water partition coefficient (Wildman–Crippen LogP) is 2.11. The molecule has 0 amide bonds. The molecule has 19 heavy (non-hydrogen) atoms. The van der Waals surface area contributed by atoms with Crippen molar-refractivity contribution in [2.24, 2.45) is 0 Å². The summed E-state index contributed by atoms with van der Waals surface area (Å²) in [5, 5.41) is 0. The quantitative estimate of drug-likeness (QED) is 0.893. The molecule has 0 unspecified atom stereocenters. The minimum atomic E-state index is 0.476. The molecule has 1 aliphatic rings. The number of ether oxygens (including phenoxy) is 3.